The first-order valence-electron chi connectivity index (χ1n) is 10.2. The van der Waals surface area contributed by atoms with Crippen molar-refractivity contribution in [1.82, 2.24) is 19.9 Å². The predicted molar refractivity (Wildman–Crippen MR) is 106 cm³/mol. The van der Waals surface area contributed by atoms with Gasteiger partial charge in [-0.1, -0.05) is 0 Å². The molecule has 2 bridgehead atoms. The van der Waals surface area contributed by atoms with Crippen LogP contribution in [0.25, 0.3) is 0 Å². The number of methoxy groups -OCH3 is 1. The van der Waals surface area contributed by atoms with Crippen LogP contribution < -0.4 is 14.4 Å². The number of halogens is 1. The maximum Gasteiger partial charge on any atom is 0.261 e. The molecule has 0 radical (unpaired) electrons. The summed E-state index contributed by atoms with van der Waals surface area (Å²) in [6.45, 7) is 1.02. The third-order valence-electron chi connectivity index (χ3n) is 6.31. The first kappa shape index (κ1) is 19.5. The monoisotopic (exact) mass is 424 g/mol. The van der Waals surface area contributed by atoms with Crippen LogP contribution in [-0.2, 0) is 4.79 Å². The van der Waals surface area contributed by atoms with Crippen molar-refractivity contribution in [2.24, 2.45) is 0 Å². The number of nitriles is 1. The molecule has 2 saturated heterocycles. The van der Waals surface area contributed by atoms with Crippen molar-refractivity contribution in [2.45, 2.75) is 37.1 Å². The average molecular weight is 424 g/mol. The van der Waals surface area contributed by atoms with Gasteiger partial charge in [-0.05, 0) is 0 Å². The normalized spacial score (nSPS) is 23.5. The first-order valence-corrected chi connectivity index (χ1v) is 10.2. The van der Waals surface area contributed by atoms with Gasteiger partial charge in [0, 0.05) is 56.4 Å². The largest absolute Gasteiger partial charge is 0.487 e. The molecule has 0 spiro atoms. The number of anilines is 1. The summed E-state index contributed by atoms with van der Waals surface area (Å²) in [5.74, 6) is 1.04. The van der Waals surface area contributed by atoms with Gasteiger partial charge in [0.2, 0.25) is 5.88 Å². The van der Waals surface area contributed by atoms with Gasteiger partial charge < -0.3 is 19.3 Å². The van der Waals surface area contributed by atoms with Crippen molar-refractivity contribution >= 4 is 11.7 Å². The predicted octanol–water partition coefficient (Wildman–Crippen LogP) is 1.79. The number of alkyl halides is 1. The molecule has 31 heavy (non-hydrogen) atoms. The van der Waals surface area contributed by atoms with Crippen molar-refractivity contribution in [1.29, 1.82) is 5.26 Å². The van der Waals surface area contributed by atoms with E-state index in [-0.39, 0.29) is 25.0 Å². The van der Waals surface area contributed by atoms with Gasteiger partial charge in [0.05, 0.1) is 19.7 Å². The van der Waals surface area contributed by atoms with Gasteiger partial charge in [0.1, 0.15) is 35.6 Å². The van der Waals surface area contributed by atoms with Gasteiger partial charge in [0.15, 0.2) is 5.67 Å². The molecule has 3 aliphatic rings. The number of ether oxygens (including phenoxy) is 2. The number of pyridine rings is 1. The molecule has 2 fully saturated rings. The minimum atomic E-state index is -1.95. The highest BCUT2D eigenvalue weighted by atomic mass is 19.1. The summed E-state index contributed by atoms with van der Waals surface area (Å²) in [7, 11) is 1.52. The number of carbonyl (C=O) groups is 1. The molecular weight excluding hydrogens is 403 g/mol. The smallest absolute Gasteiger partial charge is 0.261 e. The van der Waals surface area contributed by atoms with E-state index >= 15 is 4.39 Å². The minimum Gasteiger partial charge on any atom is -0.487 e. The number of piperidine rings is 1. The van der Waals surface area contributed by atoms with Crippen molar-refractivity contribution < 1.29 is 18.7 Å². The minimum absolute atomic E-state index is 0.0657. The first-order chi connectivity index (χ1) is 15.0. The van der Waals surface area contributed by atoms with Crippen LogP contribution in [-0.4, -0.2) is 64.3 Å². The van der Waals surface area contributed by atoms with Crippen molar-refractivity contribution in [3.8, 4) is 17.7 Å². The van der Waals surface area contributed by atoms with Crippen LogP contribution in [0.1, 0.15) is 36.4 Å². The highest BCUT2D eigenvalue weighted by molar-refractivity contribution is 5.86. The summed E-state index contributed by atoms with van der Waals surface area (Å²) >= 11 is 0. The Morgan fingerprint density at radius 1 is 1.35 bits per heavy atom. The zero-order valence-corrected chi connectivity index (χ0v) is 17.0. The van der Waals surface area contributed by atoms with E-state index in [9.17, 15) is 10.1 Å². The molecule has 2 aromatic rings. The molecule has 0 aliphatic carbocycles. The summed E-state index contributed by atoms with van der Waals surface area (Å²) < 4.78 is 26.9. The summed E-state index contributed by atoms with van der Waals surface area (Å²) in [6.07, 6.45) is 4.93. The average Bonchev–Trinajstić information content (AvgIpc) is 3.16. The maximum absolute atomic E-state index is 15.8. The van der Waals surface area contributed by atoms with Gasteiger partial charge in [-0.25, -0.2) is 14.4 Å². The zero-order valence-electron chi connectivity index (χ0n) is 17.0. The number of fused-ring (bicyclic) bond motifs is 4. The van der Waals surface area contributed by atoms with E-state index in [4.69, 9.17) is 9.47 Å². The number of rotatable bonds is 3. The van der Waals surface area contributed by atoms with E-state index in [2.05, 4.69) is 21.0 Å². The molecule has 2 atom stereocenters. The zero-order chi connectivity index (χ0) is 21.6. The molecule has 0 saturated carbocycles. The van der Waals surface area contributed by atoms with Crippen LogP contribution in [0.15, 0.2) is 24.8 Å². The van der Waals surface area contributed by atoms with Gasteiger partial charge in [0.25, 0.3) is 5.91 Å². The Kier molecular flexibility index (Phi) is 4.61. The third-order valence-corrected chi connectivity index (χ3v) is 6.31. The lowest BCUT2D eigenvalue weighted by Crippen LogP contribution is -2.52. The van der Waals surface area contributed by atoms with E-state index in [0.717, 1.165) is 0 Å². The topological polar surface area (TPSA) is 104 Å². The molecule has 9 nitrogen and oxygen atoms in total. The summed E-state index contributed by atoms with van der Waals surface area (Å²) in [5.41, 5.74) is -0.939. The van der Waals surface area contributed by atoms with Crippen LogP contribution >= 0.6 is 0 Å². The maximum atomic E-state index is 15.8. The number of carbonyl (C=O) groups excluding carboxylic acids is 1. The van der Waals surface area contributed by atoms with Crippen LogP contribution in [0, 0.1) is 11.3 Å². The van der Waals surface area contributed by atoms with E-state index in [0.29, 0.717) is 54.6 Å². The Labute approximate surface area is 178 Å². The number of hydrogen-bond donors (Lipinski definition) is 0. The number of aromatic nitrogens is 3. The highest BCUT2D eigenvalue weighted by Crippen LogP contribution is 2.46. The van der Waals surface area contributed by atoms with E-state index in [1.807, 2.05) is 4.90 Å². The molecule has 3 aliphatic heterocycles. The van der Waals surface area contributed by atoms with Crippen molar-refractivity contribution in [2.75, 3.05) is 31.6 Å². The second-order valence-electron chi connectivity index (χ2n) is 8.04. The van der Waals surface area contributed by atoms with Gasteiger partial charge >= 0.3 is 0 Å². The Morgan fingerprint density at radius 3 is 2.90 bits per heavy atom. The number of amides is 1. The fourth-order valence-corrected chi connectivity index (χ4v) is 4.66. The van der Waals surface area contributed by atoms with E-state index < -0.39 is 11.6 Å². The van der Waals surface area contributed by atoms with E-state index in [1.54, 1.807) is 17.2 Å². The Hall–Kier alpha value is -3.48. The molecule has 160 valence electrons. The van der Waals surface area contributed by atoms with Crippen molar-refractivity contribution in [3.05, 3.63) is 35.9 Å². The second kappa shape index (κ2) is 7.34. The molecule has 0 aromatic carbocycles. The summed E-state index contributed by atoms with van der Waals surface area (Å²) in [4.78, 5) is 29.1. The molecule has 0 unspecified atom stereocenters. The van der Waals surface area contributed by atoms with Crippen LogP contribution in [0.2, 0.25) is 0 Å². The Bertz CT molecular complexity index is 1070. The van der Waals surface area contributed by atoms with Crippen molar-refractivity contribution in [3.63, 3.8) is 0 Å². The lowest BCUT2D eigenvalue weighted by molar-refractivity contribution is -0.146. The van der Waals surface area contributed by atoms with Crippen LogP contribution in [0.5, 0.6) is 11.6 Å². The second-order valence-corrected chi connectivity index (χ2v) is 8.04. The fourth-order valence-electron chi connectivity index (χ4n) is 4.66. The molecule has 2 aromatic heterocycles. The van der Waals surface area contributed by atoms with Gasteiger partial charge in [-0.2, -0.15) is 5.26 Å². The quantitative estimate of drug-likeness (QED) is 0.735. The number of likely N-dealkylation sites (tertiary alicyclic amines) is 1. The van der Waals surface area contributed by atoms with Crippen LogP contribution in [0.4, 0.5) is 10.2 Å². The highest BCUT2D eigenvalue weighted by Gasteiger charge is 2.51. The molecule has 10 heteroatoms. The third kappa shape index (κ3) is 3.21. The lowest BCUT2D eigenvalue weighted by Gasteiger charge is -2.39. The molecule has 0 N–H and O–H groups in total. The SMILES string of the molecule is COc1cc(N2CCC(F)(C(=O)N3C[C@@H]4C[C@H]3c3cncc(C#N)c3O4)CC2)ncn1. The molecule has 5 heterocycles. The lowest BCUT2D eigenvalue weighted by atomic mass is 9.90. The number of hydrogen-bond acceptors (Lipinski definition) is 8. The number of nitrogens with zero attached hydrogens (tertiary/aromatic N) is 6. The molecule has 5 rings (SSSR count). The Morgan fingerprint density at radius 2 is 2.16 bits per heavy atom. The van der Waals surface area contributed by atoms with Gasteiger partial charge in [-0.15, -0.1) is 0 Å². The van der Waals surface area contributed by atoms with E-state index in [1.165, 1.54) is 19.6 Å². The standard InChI is InChI=1S/C21H21FN6O3/c1-30-18-7-17(25-12-26-18)27-4-2-21(22,3-5-27)20(29)28-11-14-6-16(28)15-10-24-9-13(8-23)19(15)31-14/h7,9-10,12,14,16H,2-6,11H2,1H3/t14-,16-/m0/s1. The van der Waals surface area contributed by atoms with Crippen LogP contribution in [0.3, 0.4) is 0 Å². The van der Waals surface area contributed by atoms with Gasteiger partial charge in [-0.3, -0.25) is 9.78 Å². The fraction of sp³-hybridized carbons (Fsp3) is 0.476. The molecular formula is C21H21FN6O3. The Balaban J connectivity index is 1.33. The molecule has 1 amide bonds. The summed E-state index contributed by atoms with van der Waals surface area (Å²) in [6, 6.07) is 3.46. The summed E-state index contributed by atoms with van der Waals surface area (Å²) in [5, 5.41) is 9.33.